The number of rotatable bonds is 4. The Morgan fingerprint density at radius 3 is 2.72 bits per heavy atom. The van der Waals surface area contributed by atoms with Crippen molar-refractivity contribution in [1.82, 2.24) is 4.90 Å². The first-order valence-electron chi connectivity index (χ1n) is 6.19. The highest BCUT2D eigenvalue weighted by Gasteiger charge is 2.33. The van der Waals surface area contributed by atoms with Gasteiger partial charge in [-0.05, 0) is 61.2 Å². The van der Waals surface area contributed by atoms with Crippen LogP contribution in [0.1, 0.15) is 31.2 Å². The van der Waals surface area contributed by atoms with E-state index < -0.39 is 11.6 Å². The van der Waals surface area contributed by atoms with E-state index in [2.05, 4.69) is 16.8 Å². The van der Waals surface area contributed by atoms with Crippen LogP contribution in [0.15, 0.2) is 16.8 Å². The summed E-state index contributed by atoms with van der Waals surface area (Å²) >= 11 is 1.72. The average molecular weight is 269 g/mol. The molecule has 0 saturated carbocycles. The van der Waals surface area contributed by atoms with Gasteiger partial charge in [-0.1, -0.05) is 0 Å². The Balaban J connectivity index is 1.86. The quantitative estimate of drug-likeness (QED) is 0.874. The molecule has 0 aromatic carbocycles. The first-order chi connectivity index (χ1) is 8.49. The molecule has 5 heteroatoms. The van der Waals surface area contributed by atoms with Crippen LogP contribution in [-0.2, 0) is 4.79 Å². The summed E-state index contributed by atoms with van der Waals surface area (Å²) in [5, 5.41) is 22.9. The number of thiophene rings is 1. The van der Waals surface area contributed by atoms with Crippen molar-refractivity contribution >= 4 is 17.3 Å². The number of aliphatic hydroxyl groups is 1. The largest absolute Gasteiger partial charge is 0.479 e. The van der Waals surface area contributed by atoms with Crippen LogP contribution in [0, 0.1) is 0 Å². The first kappa shape index (κ1) is 13.5. The second-order valence-corrected chi connectivity index (χ2v) is 5.97. The van der Waals surface area contributed by atoms with Crippen molar-refractivity contribution in [2.45, 2.75) is 31.3 Å². The molecule has 18 heavy (non-hydrogen) atoms. The standard InChI is InChI=1S/C13H19NO3S/c1-13(17,12(15)16)9-14-5-2-10(3-6-14)11-4-7-18-8-11/h4,7-8,10,17H,2-3,5-6,9H2,1H3,(H,15,16). The molecule has 0 bridgehead atoms. The number of carbonyl (C=O) groups is 1. The van der Waals surface area contributed by atoms with Crippen molar-refractivity contribution in [3.63, 3.8) is 0 Å². The van der Waals surface area contributed by atoms with E-state index in [0.717, 1.165) is 25.9 Å². The second-order valence-electron chi connectivity index (χ2n) is 5.19. The minimum atomic E-state index is -1.64. The number of β-amino-alcohol motifs (C(OH)–C–C–N with tert-alkyl or cyclic N) is 1. The minimum absolute atomic E-state index is 0.207. The molecule has 1 fully saturated rings. The van der Waals surface area contributed by atoms with E-state index in [1.807, 2.05) is 4.90 Å². The molecule has 1 aromatic heterocycles. The van der Waals surface area contributed by atoms with Crippen molar-refractivity contribution in [2.75, 3.05) is 19.6 Å². The van der Waals surface area contributed by atoms with Crippen LogP contribution in [0.4, 0.5) is 0 Å². The third-order valence-electron chi connectivity index (χ3n) is 3.59. The molecule has 2 N–H and O–H groups in total. The fourth-order valence-electron chi connectivity index (χ4n) is 2.43. The van der Waals surface area contributed by atoms with Crippen LogP contribution < -0.4 is 0 Å². The number of hydrogen-bond acceptors (Lipinski definition) is 4. The summed E-state index contributed by atoms with van der Waals surface area (Å²) in [5.41, 5.74) is -0.250. The fraction of sp³-hybridized carbons (Fsp3) is 0.615. The Kier molecular flexibility index (Phi) is 4.04. The maximum absolute atomic E-state index is 10.9. The highest BCUT2D eigenvalue weighted by Crippen LogP contribution is 2.29. The number of nitrogens with zero attached hydrogens (tertiary/aromatic N) is 1. The number of hydrogen-bond donors (Lipinski definition) is 2. The lowest BCUT2D eigenvalue weighted by atomic mass is 9.90. The van der Waals surface area contributed by atoms with Crippen LogP contribution in [0.2, 0.25) is 0 Å². The molecule has 1 aliphatic heterocycles. The highest BCUT2D eigenvalue weighted by molar-refractivity contribution is 7.07. The molecule has 0 aliphatic carbocycles. The highest BCUT2D eigenvalue weighted by atomic mass is 32.1. The normalized spacial score (nSPS) is 21.7. The van der Waals surface area contributed by atoms with Crippen molar-refractivity contribution in [2.24, 2.45) is 0 Å². The number of carboxylic acid groups (broad SMARTS) is 1. The number of piperidine rings is 1. The lowest BCUT2D eigenvalue weighted by Gasteiger charge is -2.34. The van der Waals surface area contributed by atoms with Gasteiger partial charge in [-0.25, -0.2) is 4.79 Å². The molecule has 2 heterocycles. The lowest BCUT2D eigenvalue weighted by molar-refractivity contribution is -0.158. The Morgan fingerprint density at radius 1 is 1.56 bits per heavy atom. The van der Waals surface area contributed by atoms with E-state index in [4.69, 9.17) is 5.11 Å². The zero-order valence-corrected chi connectivity index (χ0v) is 11.3. The van der Waals surface area contributed by atoms with Gasteiger partial charge in [0.25, 0.3) is 0 Å². The topological polar surface area (TPSA) is 60.8 Å². The summed E-state index contributed by atoms with van der Waals surface area (Å²) in [4.78, 5) is 12.9. The summed E-state index contributed by atoms with van der Waals surface area (Å²) in [6, 6.07) is 2.17. The molecule has 0 amide bonds. The molecule has 0 spiro atoms. The third kappa shape index (κ3) is 3.10. The lowest BCUT2D eigenvalue weighted by Crippen LogP contribution is -2.48. The first-order valence-corrected chi connectivity index (χ1v) is 7.13. The van der Waals surface area contributed by atoms with E-state index in [1.165, 1.54) is 12.5 Å². The summed E-state index contributed by atoms with van der Waals surface area (Å²) in [6.45, 7) is 3.27. The van der Waals surface area contributed by atoms with Crippen LogP contribution >= 0.6 is 11.3 Å². The monoisotopic (exact) mass is 269 g/mol. The van der Waals surface area contributed by atoms with Gasteiger partial charge in [0, 0.05) is 6.54 Å². The molecule has 100 valence electrons. The Hall–Kier alpha value is -0.910. The van der Waals surface area contributed by atoms with Gasteiger partial charge in [-0.15, -0.1) is 0 Å². The molecular formula is C13H19NO3S. The summed E-state index contributed by atoms with van der Waals surface area (Å²) in [7, 11) is 0. The van der Waals surface area contributed by atoms with E-state index >= 15 is 0 Å². The minimum Gasteiger partial charge on any atom is -0.479 e. The molecule has 1 unspecified atom stereocenters. The van der Waals surface area contributed by atoms with Crippen molar-refractivity contribution in [3.8, 4) is 0 Å². The summed E-state index contributed by atoms with van der Waals surface area (Å²) in [5.74, 6) is -0.565. The third-order valence-corrected chi connectivity index (χ3v) is 4.30. The molecule has 1 saturated heterocycles. The van der Waals surface area contributed by atoms with Gasteiger partial charge >= 0.3 is 5.97 Å². The number of aliphatic carboxylic acids is 1. The van der Waals surface area contributed by atoms with Crippen LogP contribution in [0.3, 0.4) is 0 Å². The maximum Gasteiger partial charge on any atom is 0.336 e. The van der Waals surface area contributed by atoms with Crippen LogP contribution in [-0.4, -0.2) is 46.3 Å². The predicted molar refractivity (Wildman–Crippen MR) is 71.0 cm³/mol. The molecule has 4 nitrogen and oxygen atoms in total. The van der Waals surface area contributed by atoms with Gasteiger partial charge in [0.1, 0.15) is 0 Å². The van der Waals surface area contributed by atoms with Gasteiger partial charge in [-0.3, -0.25) is 4.90 Å². The van der Waals surface area contributed by atoms with E-state index in [1.54, 1.807) is 11.3 Å². The average Bonchev–Trinajstić information content (AvgIpc) is 2.83. The zero-order valence-electron chi connectivity index (χ0n) is 10.5. The summed E-state index contributed by atoms with van der Waals surface area (Å²) in [6.07, 6.45) is 2.07. The number of carboxylic acids is 1. The van der Waals surface area contributed by atoms with Gasteiger partial charge in [0.05, 0.1) is 0 Å². The Labute approximate surface area is 111 Å². The maximum atomic E-state index is 10.9. The molecule has 1 aromatic rings. The van der Waals surface area contributed by atoms with Gasteiger partial charge in [0.2, 0.25) is 0 Å². The molecule has 1 aliphatic rings. The van der Waals surface area contributed by atoms with E-state index in [-0.39, 0.29) is 6.54 Å². The van der Waals surface area contributed by atoms with Gasteiger partial charge in [0.15, 0.2) is 5.60 Å². The fourth-order valence-corrected chi connectivity index (χ4v) is 3.18. The van der Waals surface area contributed by atoms with Crippen LogP contribution in [0.25, 0.3) is 0 Å². The predicted octanol–water partition coefficient (Wildman–Crippen LogP) is 1.76. The van der Waals surface area contributed by atoms with Crippen LogP contribution in [0.5, 0.6) is 0 Å². The van der Waals surface area contributed by atoms with E-state index in [9.17, 15) is 9.90 Å². The summed E-state index contributed by atoms with van der Waals surface area (Å²) < 4.78 is 0. The molecular weight excluding hydrogens is 250 g/mol. The second kappa shape index (κ2) is 5.38. The van der Waals surface area contributed by atoms with Crippen molar-refractivity contribution in [3.05, 3.63) is 22.4 Å². The van der Waals surface area contributed by atoms with E-state index in [0.29, 0.717) is 5.92 Å². The smallest absolute Gasteiger partial charge is 0.336 e. The Bertz CT molecular complexity index is 394. The molecule has 1 atom stereocenters. The van der Waals surface area contributed by atoms with Crippen molar-refractivity contribution in [1.29, 1.82) is 0 Å². The SMILES string of the molecule is CC(O)(CN1CCC(c2ccsc2)CC1)C(=O)O. The molecule has 0 radical (unpaired) electrons. The molecule has 2 rings (SSSR count). The number of likely N-dealkylation sites (tertiary alicyclic amines) is 1. The Morgan fingerprint density at radius 2 is 2.22 bits per heavy atom. The van der Waals surface area contributed by atoms with Gasteiger partial charge in [-0.2, -0.15) is 11.3 Å². The van der Waals surface area contributed by atoms with Crippen molar-refractivity contribution < 1.29 is 15.0 Å². The van der Waals surface area contributed by atoms with Gasteiger partial charge < -0.3 is 10.2 Å². The zero-order chi connectivity index (χ0) is 13.2.